The number of carbonyl (C=O) groups excluding carboxylic acids is 2. The molecular weight excluding hydrogens is 432 g/mol. The number of methoxy groups -OCH3 is 1. The largest absolute Gasteiger partial charge is 0.481 e. The van der Waals surface area contributed by atoms with Crippen molar-refractivity contribution in [2.75, 3.05) is 32.1 Å². The maximum absolute atomic E-state index is 13.3. The number of nitrogens with one attached hydrogen (secondary N) is 2. The number of amides is 2. The summed E-state index contributed by atoms with van der Waals surface area (Å²) in [6.07, 6.45) is 2.10. The molecule has 0 saturated heterocycles. The molecule has 0 aliphatic carbocycles. The van der Waals surface area contributed by atoms with E-state index in [1.165, 1.54) is 0 Å². The van der Waals surface area contributed by atoms with Gasteiger partial charge in [-0.2, -0.15) is 5.10 Å². The van der Waals surface area contributed by atoms with Crippen molar-refractivity contribution >= 4 is 17.6 Å². The Morgan fingerprint density at radius 3 is 2.53 bits per heavy atom. The minimum absolute atomic E-state index is 0.0367. The Morgan fingerprint density at radius 2 is 1.85 bits per heavy atom. The van der Waals surface area contributed by atoms with Gasteiger partial charge in [0, 0.05) is 44.0 Å². The molecule has 0 aliphatic rings. The normalized spacial score (nSPS) is 11.6. The maximum atomic E-state index is 13.3. The fourth-order valence-corrected chi connectivity index (χ4v) is 3.63. The number of hydrogen-bond donors (Lipinski definition) is 2. The van der Waals surface area contributed by atoms with Crippen LogP contribution in [-0.2, 0) is 23.1 Å². The predicted octanol–water partition coefficient (Wildman–Crippen LogP) is 2.50. The van der Waals surface area contributed by atoms with Gasteiger partial charge >= 0.3 is 0 Å². The zero-order valence-electron chi connectivity index (χ0n) is 20.1. The Hall–Kier alpha value is -3.72. The summed E-state index contributed by atoms with van der Waals surface area (Å²) in [4.78, 5) is 31.6. The van der Waals surface area contributed by atoms with E-state index in [0.29, 0.717) is 36.9 Å². The molecule has 0 spiro atoms. The van der Waals surface area contributed by atoms with Gasteiger partial charge in [0.2, 0.25) is 17.7 Å². The second kappa shape index (κ2) is 11.9. The first-order valence-corrected chi connectivity index (χ1v) is 11.4. The molecule has 0 aliphatic heterocycles. The molecule has 1 unspecified atom stereocenters. The van der Waals surface area contributed by atoms with Crippen LogP contribution in [-0.4, -0.2) is 64.3 Å². The quantitative estimate of drug-likeness (QED) is 0.452. The molecule has 2 aromatic heterocycles. The highest BCUT2D eigenvalue weighted by atomic mass is 16.5. The molecule has 1 aromatic carbocycles. The van der Waals surface area contributed by atoms with E-state index >= 15 is 0 Å². The van der Waals surface area contributed by atoms with E-state index in [-0.39, 0.29) is 18.4 Å². The van der Waals surface area contributed by atoms with Gasteiger partial charge in [-0.3, -0.25) is 19.6 Å². The second-order valence-electron chi connectivity index (χ2n) is 7.80. The molecule has 1 atom stereocenters. The van der Waals surface area contributed by atoms with Crippen LogP contribution in [0.4, 0.5) is 5.82 Å². The van der Waals surface area contributed by atoms with Crippen molar-refractivity contribution in [3.05, 3.63) is 60.3 Å². The number of nitrogens with zero attached hydrogens (tertiary/aromatic N) is 4. The molecule has 2 amide bonds. The third-order valence-electron chi connectivity index (χ3n) is 5.59. The number of hydrogen-bond acceptors (Lipinski definition) is 6. The van der Waals surface area contributed by atoms with Gasteiger partial charge in [-0.05, 0) is 31.9 Å². The zero-order chi connectivity index (χ0) is 24.5. The summed E-state index contributed by atoms with van der Waals surface area (Å²) in [5.74, 6) is 0.757. The monoisotopic (exact) mass is 464 g/mol. The number of pyridine rings is 1. The molecular formula is C25H32N6O3. The second-order valence-corrected chi connectivity index (χ2v) is 7.80. The molecule has 3 aromatic rings. The van der Waals surface area contributed by atoms with E-state index in [2.05, 4.69) is 20.7 Å². The fraction of sp³-hybridized carbons (Fsp3) is 0.360. The van der Waals surface area contributed by atoms with Gasteiger partial charge in [-0.25, -0.2) is 4.98 Å². The smallest absolute Gasteiger partial charge is 0.243 e. The fourth-order valence-electron chi connectivity index (χ4n) is 3.63. The number of aromatic nitrogens is 3. The molecule has 2 N–H and O–H groups in total. The molecule has 0 fully saturated rings. The van der Waals surface area contributed by atoms with E-state index < -0.39 is 6.04 Å². The van der Waals surface area contributed by atoms with E-state index in [4.69, 9.17) is 4.74 Å². The van der Waals surface area contributed by atoms with Crippen LogP contribution in [0.2, 0.25) is 0 Å². The van der Waals surface area contributed by atoms with Crippen LogP contribution in [0.5, 0.6) is 5.88 Å². The first-order chi connectivity index (χ1) is 16.4. The highest BCUT2D eigenvalue weighted by Gasteiger charge is 2.22. The van der Waals surface area contributed by atoms with Crippen molar-refractivity contribution in [1.29, 1.82) is 0 Å². The van der Waals surface area contributed by atoms with Crippen LogP contribution in [0.25, 0.3) is 11.3 Å². The number of ether oxygens (including phenoxy) is 1. The van der Waals surface area contributed by atoms with E-state index in [1.807, 2.05) is 50.2 Å². The topological polar surface area (TPSA) is 101 Å². The minimum atomic E-state index is -0.596. The van der Waals surface area contributed by atoms with Gasteiger partial charge in [0.25, 0.3) is 0 Å². The van der Waals surface area contributed by atoms with Crippen LogP contribution < -0.4 is 15.4 Å². The third kappa shape index (κ3) is 6.41. The molecule has 2 heterocycles. The summed E-state index contributed by atoms with van der Waals surface area (Å²) < 4.78 is 6.80. The van der Waals surface area contributed by atoms with Crippen LogP contribution in [0.15, 0.2) is 54.7 Å². The minimum Gasteiger partial charge on any atom is -0.481 e. The standard InChI is InChI=1S/C25H32N6O3/c1-5-31(6-2)24(32)17-27-21(14-18-10-8-7-9-11-18)25(33)28-22-16-20(29-30(22)3)19-12-13-26-23(15-19)34-4/h7-13,15-16,21,27H,5-6,14,17H2,1-4H3,(H,28,33). The van der Waals surface area contributed by atoms with E-state index in [9.17, 15) is 9.59 Å². The Bertz CT molecular complexity index is 1100. The highest BCUT2D eigenvalue weighted by molar-refractivity contribution is 5.95. The van der Waals surface area contributed by atoms with E-state index in [0.717, 1.165) is 11.1 Å². The molecule has 34 heavy (non-hydrogen) atoms. The van der Waals surface area contributed by atoms with Gasteiger partial charge in [0.05, 0.1) is 25.4 Å². The lowest BCUT2D eigenvalue weighted by Gasteiger charge is -2.22. The summed E-state index contributed by atoms with van der Waals surface area (Å²) in [5, 5.41) is 10.6. The van der Waals surface area contributed by atoms with Gasteiger partial charge in [0.15, 0.2) is 0 Å². The molecule has 0 bridgehead atoms. The molecule has 0 radical (unpaired) electrons. The van der Waals surface area contributed by atoms with Gasteiger partial charge < -0.3 is 15.0 Å². The van der Waals surface area contributed by atoms with Crippen molar-refractivity contribution in [2.45, 2.75) is 26.3 Å². The van der Waals surface area contributed by atoms with Gasteiger partial charge in [-0.1, -0.05) is 30.3 Å². The first-order valence-electron chi connectivity index (χ1n) is 11.4. The van der Waals surface area contributed by atoms with Crippen molar-refractivity contribution in [1.82, 2.24) is 25.0 Å². The highest BCUT2D eigenvalue weighted by Crippen LogP contribution is 2.23. The van der Waals surface area contributed by atoms with Crippen LogP contribution >= 0.6 is 0 Å². The average molecular weight is 465 g/mol. The SMILES string of the molecule is CCN(CC)C(=O)CNC(Cc1ccccc1)C(=O)Nc1cc(-c2ccnc(OC)c2)nn1C. The van der Waals surface area contributed by atoms with Crippen molar-refractivity contribution in [3.63, 3.8) is 0 Å². The summed E-state index contributed by atoms with van der Waals surface area (Å²) >= 11 is 0. The summed E-state index contributed by atoms with van der Waals surface area (Å²) in [6.45, 7) is 5.22. The summed E-state index contributed by atoms with van der Waals surface area (Å²) in [5.41, 5.74) is 2.51. The number of benzene rings is 1. The predicted molar refractivity (Wildman–Crippen MR) is 131 cm³/mol. The van der Waals surface area contributed by atoms with Crippen LogP contribution in [0, 0.1) is 0 Å². The van der Waals surface area contributed by atoms with Crippen molar-refractivity contribution in [2.24, 2.45) is 7.05 Å². The molecule has 9 nitrogen and oxygen atoms in total. The summed E-state index contributed by atoms with van der Waals surface area (Å²) in [6, 6.07) is 14.5. The molecule has 0 saturated carbocycles. The number of anilines is 1. The number of rotatable bonds is 11. The van der Waals surface area contributed by atoms with Gasteiger partial charge in [0.1, 0.15) is 5.82 Å². The lowest BCUT2D eigenvalue weighted by molar-refractivity contribution is -0.130. The zero-order valence-corrected chi connectivity index (χ0v) is 20.1. The molecule has 9 heteroatoms. The molecule has 180 valence electrons. The lowest BCUT2D eigenvalue weighted by Crippen LogP contribution is -2.47. The van der Waals surface area contributed by atoms with Crippen LogP contribution in [0.3, 0.4) is 0 Å². The van der Waals surface area contributed by atoms with Crippen LogP contribution in [0.1, 0.15) is 19.4 Å². The Labute approximate surface area is 200 Å². The third-order valence-corrected chi connectivity index (χ3v) is 5.59. The Kier molecular flexibility index (Phi) is 8.75. The van der Waals surface area contributed by atoms with Crippen molar-refractivity contribution < 1.29 is 14.3 Å². The number of likely N-dealkylation sites (N-methyl/N-ethyl adjacent to an activating group) is 1. The molecule has 3 rings (SSSR count). The Morgan fingerprint density at radius 1 is 1.12 bits per heavy atom. The number of aryl methyl sites for hydroxylation is 1. The maximum Gasteiger partial charge on any atom is 0.243 e. The van der Waals surface area contributed by atoms with Gasteiger partial charge in [-0.15, -0.1) is 0 Å². The average Bonchev–Trinajstić information content (AvgIpc) is 3.23. The first kappa shape index (κ1) is 24.9. The number of carbonyl (C=O) groups is 2. The Balaban J connectivity index is 1.76. The van der Waals surface area contributed by atoms with Crippen molar-refractivity contribution in [3.8, 4) is 17.1 Å². The summed E-state index contributed by atoms with van der Waals surface area (Å²) in [7, 11) is 3.32. The van der Waals surface area contributed by atoms with E-state index in [1.54, 1.807) is 42.1 Å². The lowest BCUT2D eigenvalue weighted by atomic mass is 10.1.